The molecule has 0 aliphatic carbocycles. The van der Waals surface area contributed by atoms with Crippen LogP contribution in [0.2, 0.25) is 0 Å². The summed E-state index contributed by atoms with van der Waals surface area (Å²) in [5.74, 6) is 5.74. The fraction of sp³-hybridized carbons (Fsp3) is 0.393. The largest absolute Gasteiger partial charge is 0.338 e. The van der Waals surface area contributed by atoms with Gasteiger partial charge in [-0.15, -0.1) is 0 Å². The number of rotatable bonds is 4. The third kappa shape index (κ3) is 4.32. The Morgan fingerprint density at radius 3 is 2.54 bits per heavy atom. The average molecular weight is 553 g/mol. The Balaban J connectivity index is 1.56. The predicted molar refractivity (Wildman–Crippen MR) is 148 cm³/mol. The molecule has 0 spiro atoms. The Morgan fingerprint density at radius 1 is 1.13 bits per heavy atom. The zero-order valence-electron chi connectivity index (χ0n) is 22.1. The second kappa shape index (κ2) is 9.25. The molecule has 1 fully saturated rings. The van der Waals surface area contributed by atoms with Gasteiger partial charge in [-0.2, -0.15) is 5.10 Å². The summed E-state index contributed by atoms with van der Waals surface area (Å²) >= 11 is 0. The average Bonchev–Trinajstić information content (AvgIpc) is 3.50. The highest BCUT2D eigenvalue weighted by Gasteiger charge is 2.36. The zero-order chi connectivity index (χ0) is 27.6. The smallest absolute Gasteiger partial charge is 0.265 e. The Kier molecular flexibility index (Phi) is 6.09. The molecule has 1 atom stereocenters. The SMILES string of the molecule is C=S1(=O)CCC(c2nc(-c3cccc4nc(-c5cnn(C)c5)c(C(F)F)cc34)c3n2C(C)C(=O)N(C)C3)CC1. The van der Waals surface area contributed by atoms with Crippen molar-refractivity contribution in [3.8, 4) is 22.5 Å². The lowest BCUT2D eigenvalue weighted by atomic mass is 9.99. The lowest BCUT2D eigenvalue weighted by Gasteiger charge is -2.33. The number of aromatic nitrogens is 5. The highest BCUT2D eigenvalue weighted by molar-refractivity contribution is 8.00. The second-order valence-electron chi connectivity index (χ2n) is 10.7. The van der Waals surface area contributed by atoms with E-state index < -0.39 is 22.0 Å². The number of carbonyl (C=O) groups is 1. The van der Waals surface area contributed by atoms with E-state index in [1.165, 1.54) is 12.3 Å². The molecular formula is C28H30F2N6O2S. The number of alkyl halides is 2. The summed E-state index contributed by atoms with van der Waals surface area (Å²) in [6.45, 7) is 2.22. The van der Waals surface area contributed by atoms with Crippen molar-refractivity contribution >= 4 is 32.2 Å². The highest BCUT2D eigenvalue weighted by atomic mass is 32.2. The van der Waals surface area contributed by atoms with Crippen molar-refractivity contribution < 1.29 is 17.8 Å². The van der Waals surface area contributed by atoms with Gasteiger partial charge in [0.2, 0.25) is 5.91 Å². The van der Waals surface area contributed by atoms with Crippen LogP contribution in [0.5, 0.6) is 0 Å². The van der Waals surface area contributed by atoms with E-state index in [-0.39, 0.29) is 23.1 Å². The van der Waals surface area contributed by atoms with Gasteiger partial charge < -0.3 is 9.47 Å². The van der Waals surface area contributed by atoms with Gasteiger partial charge in [-0.25, -0.2) is 18.7 Å². The fourth-order valence-electron chi connectivity index (χ4n) is 5.88. The summed E-state index contributed by atoms with van der Waals surface area (Å²) in [7, 11) is 1.40. The van der Waals surface area contributed by atoms with E-state index in [1.54, 1.807) is 29.9 Å². The maximum Gasteiger partial charge on any atom is 0.265 e. The number of benzene rings is 1. The van der Waals surface area contributed by atoms with E-state index in [1.807, 2.05) is 29.7 Å². The molecule has 4 aromatic rings. The molecule has 6 rings (SSSR count). The predicted octanol–water partition coefficient (Wildman–Crippen LogP) is 4.56. The fourth-order valence-corrected chi connectivity index (χ4v) is 7.51. The van der Waals surface area contributed by atoms with Gasteiger partial charge in [0.1, 0.15) is 11.9 Å². The second-order valence-corrected chi connectivity index (χ2v) is 13.4. The topological polar surface area (TPSA) is 85.9 Å². The molecule has 2 aliphatic rings. The molecule has 0 radical (unpaired) electrons. The highest BCUT2D eigenvalue weighted by Crippen LogP contribution is 2.41. The molecule has 0 saturated carbocycles. The molecule has 39 heavy (non-hydrogen) atoms. The van der Waals surface area contributed by atoms with Gasteiger partial charge in [-0.05, 0) is 47.3 Å². The van der Waals surface area contributed by atoms with Gasteiger partial charge in [0.25, 0.3) is 6.43 Å². The third-order valence-electron chi connectivity index (χ3n) is 7.94. The first-order valence-electron chi connectivity index (χ1n) is 12.9. The van der Waals surface area contributed by atoms with E-state index >= 15 is 0 Å². The van der Waals surface area contributed by atoms with Crippen LogP contribution in [0.4, 0.5) is 8.78 Å². The van der Waals surface area contributed by atoms with Crippen molar-refractivity contribution in [3.63, 3.8) is 0 Å². The molecule has 8 nitrogen and oxygen atoms in total. The van der Waals surface area contributed by atoms with Gasteiger partial charge in [-0.3, -0.25) is 13.7 Å². The van der Waals surface area contributed by atoms with Crippen LogP contribution in [0.15, 0.2) is 36.7 Å². The van der Waals surface area contributed by atoms with Crippen LogP contribution in [-0.4, -0.2) is 63.8 Å². The molecule has 1 saturated heterocycles. The monoisotopic (exact) mass is 552 g/mol. The number of likely N-dealkylation sites (N-methyl/N-ethyl adjacent to an activating group) is 1. The van der Waals surface area contributed by atoms with E-state index in [0.717, 1.165) is 11.5 Å². The summed E-state index contributed by atoms with van der Waals surface area (Å²) in [5.41, 5.74) is 3.35. The zero-order valence-corrected chi connectivity index (χ0v) is 22.9. The molecule has 1 aromatic carbocycles. The van der Waals surface area contributed by atoms with Crippen LogP contribution in [-0.2, 0) is 27.9 Å². The van der Waals surface area contributed by atoms with Crippen molar-refractivity contribution in [2.24, 2.45) is 7.05 Å². The van der Waals surface area contributed by atoms with Crippen LogP contribution in [0.3, 0.4) is 0 Å². The Bertz CT molecular complexity index is 1710. The van der Waals surface area contributed by atoms with Crippen LogP contribution in [0.25, 0.3) is 33.4 Å². The Morgan fingerprint density at radius 2 is 1.87 bits per heavy atom. The van der Waals surface area contributed by atoms with Crippen molar-refractivity contribution in [2.45, 2.75) is 44.7 Å². The minimum atomic E-state index is -2.74. The van der Waals surface area contributed by atoms with Gasteiger partial charge in [0, 0.05) is 59.8 Å². The van der Waals surface area contributed by atoms with Gasteiger partial charge in [0.05, 0.1) is 35.3 Å². The van der Waals surface area contributed by atoms with E-state index in [9.17, 15) is 17.8 Å². The molecule has 204 valence electrons. The Hall–Kier alpha value is -3.60. The van der Waals surface area contributed by atoms with Crippen LogP contribution in [0.1, 0.15) is 55.2 Å². The van der Waals surface area contributed by atoms with Crippen molar-refractivity contribution in [3.05, 3.63) is 53.7 Å². The minimum Gasteiger partial charge on any atom is -0.338 e. The number of amides is 1. The molecular weight excluding hydrogens is 522 g/mol. The molecule has 11 heteroatoms. The normalized spacial score (nSPS) is 23.5. The number of hydrogen-bond acceptors (Lipinski definition) is 5. The number of halogens is 2. The molecule has 1 unspecified atom stereocenters. The number of aryl methyl sites for hydroxylation is 1. The summed E-state index contributed by atoms with van der Waals surface area (Å²) < 4.78 is 44.8. The summed E-state index contributed by atoms with van der Waals surface area (Å²) in [6.07, 6.45) is 1.82. The number of pyridine rings is 1. The van der Waals surface area contributed by atoms with Crippen molar-refractivity contribution in [2.75, 3.05) is 18.6 Å². The summed E-state index contributed by atoms with van der Waals surface area (Å²) in [6, 6.07) is 6.59. The molecule has 0 bridgehead atoms. The molecule has 0 N–H and O–H groups in total. The van der Waals surface area contributed by atoms with E-state index in [0.29, 0.717) is 58.6 Å². The van der Waals surface area contributed by atoms with Crippen LogP contribution >= 0.6 is 0 Å². The number of nitrogens with zero attached hydrogens (tertiary/aromatic N) is 6. The van der Waals surface area contributed by atoms with Crippen molar-refractivity contribution in [1.29, 1.82) is 0 Å². The molecule has 5 heterocycles. The maximum absolute atomic E-state index is 14.4. The molecule has 3 aromatic heterocycles. The standard InChI is InChI=1S/C28H30F2N6O2S/c1-16-28(37)34(2)15-23-25(33-27(36(16)23)17-8-10-39(4,38)11-9-17)19-6-5-7-22-20(19)12-21(26(29)30)24(32-22)18-13-31-35(3)14-18/h5-7,12-14,16-17,26H,4,8-11,15H2,1-3H3. The minimum absolute atomic E-state index is 0.00912. The summed E-state index contributed by atoms with van der Waals surface area (Å²) in [4.78, 5) is 24.4. The maximum atomic E-state index is 14.4. The van der Waals surface area contributed by atoms with Gasteiger partial charge in [-0.1, -0.05) is 12.1 Å². The summed E-state index contributed by atoms with van der Waals surface area (Å²) in [5, 5.41) is 4.70. The van der Waals surface area contributed by atoms with Gasteiger partial charge in [0.15, 0.2) is 0 Å². The quantitative estimate of drug-likeness (QED) is 0.347. The number of carbonyl (C=O) groups excluding carboxylic acids is 1. The first kappa shape index (κ1) is 25.7. The first-order valence-corrected chi connectivity index (χ1v) is 15.0. The number of imidazole rings is 1. The van der Waals surface area contributed by atoms with E-state index in [4.69, 9.17) is 4.98 Å². The Labute approximate surface area is 225 Å². The van der Waals surface area contributed by atoms with Crippen molar-refractivity contribution in [1.82, 2.24) is 29.2 Å². The molecule has 2 aliphatic heterocycles. The lowest BCUT2D eigenvalue weighted by molar-refractivity contribution is -0.135. The third-order valence-corrected chi connectivity index (χ3v) is 9.90. The lowest BCUT2D eigenvalue weighted by Crippen LogP contribution is -2.40. The van der Waals surface area contributed by atoms with Crippen LogP contribution < -0.4 is 0 Å². The van der Waals surface area contributed by atoms with Crippen LogP contribution in [0, 0.1) is 0 Å². The number of hydrogen-bond donors (Lipinski definition) is 0. The first-order chi connectivity index (χ1) is 18.5. The van der Waals surface area contributed by atoms with E-state index in [2.05, 4.69) is 16.0 Å². The van der Waals surface area contributed by atoms with Gasteiger partial charge >= 0.3 is 0 Å². The number of fused-ring (bicyclic) bond motifs is 2. The molecule has 1 amide bonds.